The first kappa shape index (κ1) is 25.9. The zero-order valence-electron chi connectivity index (χ0n) is 19.3. The van der Waals surface area contributed by atoms with Gasteiger partial charge in [-0.1, -0.05) is 31.2 Å². The number of piperazine rings is 1. The Morgan fingerprint density at radius 2 is 1.74 bits per heavy atom. The molecule has 8 heteroatoms. The second kappa shape index (κ2) is 13.2. The minimum atomic E-state index is 0. The van der Waals surface area contributed by atoms with Gasteiger partial charge in [-0.2, -0.15) is 0 Å². The number of likely N-dealkylation sites (tertiary alicyclic amines) is 1. The van der Waals surface area contributed by atoms with Crippen molar-refractivity contribution in [3.05, 3.63) is 35.4 Å². The molecule has 1 aromatic carbocycles. The van der Waals surface area contributed by atoms with Crippen LogP contribution < -0.4 is 10.6 Å². The van der Waals surface area contributed by atoms with E-state index in [1.165, 1.54) is 11.1 Å². The van der Waals surface area contributed by atoms with Crippen molar-refractivity contribution < 1.29 is 4.79 Å². The van der Waals surface area contributed by atoms with Crippen LogP contribution in [0.15, 0.2) is 29.3 Å². The number of benzene rings is 1. The molecule has 0 radical (unpaired) electrons. The van der Waals surface area contributed by atoms with Crippen LogP contribution >= 0.6 is 24.0 Å². The normalized spacial score (nSPS) is 20.4. The maximum Gasteiger partial charge on any atom is 0.222 e. The number of nitrogens with zero attached hydrogens (tertiary/aromatic N) is 4. The molecule has 0 spiro atoms. The number of carbonyl (C=O) groups excluding carboxylic acids is 1. The highest BCUT2D eigenvalue weighted by molar-refractivity contribution is 14.0. The maximum atomic E-state index is 11.9. The van der Waals surface area contributed by atoms with Crippen LogP contribution in [0.25, 0.3) is 0 Å². The highest BCUT2D eigenvalue weighted by Gasteiger charge is 2.25. The number of hydrogen-bond donors (Lipinski definition) is 2. The van der Waals surface area contributed by atoms with E-state index in [1.807, 2.05) is 11.8 Å². The van der Waals surface area contributed by atoms with Crippen molar-refractivity contribution in [1.29, 1.82) is 0 Å². The van der Waals surface area contributed by atoms with Crippen LogP contribution in [-0.2, 0) is 17.9 Å². The van der Waals surface area contributed by atoms with Crippen molar-refractivity contribution in [2.75, 3.05) is 52.9 Å². The van der Waals surface area contributed by atoms with Crippen LogP contribution in [0.2, 0.25) is 0 Å². The van der Waals surface area contributed by atoms with Crippen molar-refractivity contribution in [2.24, 2.45) is 4.99 Å². The van der Waals surface area contributed by atoms with Crippen molar-refractivity contribution >= 4 is 35.8 Å². The summed E-state index contributed by atoms with van der Waals surface area (Å²) in [6.07, 6.45) is 1.54. The molecular weight excluding hydrogens is 503 g/mol. The number of amides is 1. The predicted molar refractivity (Wildman–Crippen MR) is 138 cm³/mol. The number of halogens is 1. The summed E-state index contributed by atoms with van der Waals surface area (Å²) in [6, 6.07) is 9.11. The van der Waals surface area contributed by atoms with Gasteiger partial charge in [0.2, 0.25) is 5.91 Å². The summed E-state index contributed by atoms with van der Waals surface area (Å²) in [4.78, 5) is 23.5. The largest absolute Gasteiger partial charge is 0.357 e. The fourth-order valence-electron chi connectivity index (χ4n) is 4.03. The number of hydrogen-bond acceptors (Lipinski definition) is 4. The van der Waals surface area contributed by atoms with Gasteiger partial charge < -0.3 is 20.4 Å². The van der Waals surface area contributed by atoms with Gasteiger partial charge in [-0.05, 0) is 31.5 Å². The molecule has 2 aliphatic rings. The minimum Gasteiger partial charge on any atom is -0.357 e. The van der Waals surface area contributed by atoms with Gasteiger partial charge in [0, 0.05) is 64.8 Å². The Labute approximate surface area is 204 Å². The number of rotatable bonds is 7. The van der Waals surface area contributed by atoms with Crippen LogP contribution in [0.4, 0.5) is 0 Å². The lowest BCUT2D eigenvalue weighted by Gasteiger charge is -2.32. The predicted octanol–water partition coefficient (Wildman–Crippen LogP) is 2.12. The average Bonchev–Trinajstić information content (AvgIpc) is 3.23. The van der Waals surface area contributed by atoms with Crippen LogP contribution in [0, 0.1) is 0 Å². The maximum absolute atomic E-state index is 11.9. The molecule has 1 unspecified atom stereocenters. The molecule has 2 N–H and O–H groups in total. The summed E-state index contributed by atoms with van der Waals surface area (Å²) in [7, 11) is 2.19. The Kier molecular flexibility index (Phi) is 11.0. The number of likely N-dealkylation sites (N-methyl/N-ethyl adjacent to an activating group) is 1. The molecule has 7 nitrogen and oxygen atoms in total. The lowest BCUT2D eigenvalue weighted by Crippen LogP contribution is -2.45. The van der Waals surface area contributed by atoms with E-state index in [0.717, 1.165) is 64.7 Å². The molecule has 0 aromatic heterocycles. The summed E-state index contributed by atoms with van der Waals surface area (Å²) in [5.74, 6) is 1.06. The first-order valence-electron chi connectivity index (χ1n) is 11.4. The third-order valence-electron chi connectivity index (χ3n) is 5.97. The fraction of sp³-hybridized carbons (Fsp3) is 0.652. The van der Waals surface area contributed by atoms with Gasteiger partial charge in [0.1, 0.15) is 0 Å². The SMILES string of the molecule is CCNC(=NCc1ccc(CN2CCN(C)CC2)cc1)NC1CCN(C(=O)CC)C1.I. The van der Waals surface area contributed by atoms with Crippen molar-refractivity contribution in [3.8, 4) is 0 Å². The summed E-state index contributed by atoms with van der Waals surface area (Å²) in [5.41, 5.74) is 2.58. The van der Waals surface area contributed by atoms with Crippen molar-refractivity contribution in [1.82, 2.24) is 25.3 Å². The Morgan fingerprint density at radius 3 is 2.39 bits per heavy atom. The number of carbonyl (C=O) groups is 1. The quantitative estimate of drug-likeness (QED) is 0.314. The molecule has 1 amide bonds. The molecule has 31 heavy (non-hydrogen) atoms. The van der Waals surface area contributed by atoms with Crippen molar-refractivity contribution in [3.63, 3.8) is 0 Å². The molecule has 0 aliphatic carbocycles. The summed E-state index contributed by atoms with van der Waals surface area (Å²) >= 11 is 0. The van der Waals surface area contributed by atoms with E-state index < -0.39 is 0 Å². The summed E-state index contributed by atoms with van der Waals surface area (Å²) in [5, 5.41) is 6.83. The van der Waals surface area contributed by atoms with E-state index in [1.54, 1.807) is 0 Å². The van der Waals surface area contributed by atoms with Gasteiger partial charge in [0.05, 0.1) is 6.54 Å². The van der Waals surface area contributed by atoms with Gasteiger partial charge >= 0.3 is 0 Å². The Balaban J connectivity index is 0.00000341. The molecule has 0 bridgehead atoms. The monoisotopic (exact) mass is 542 g/mol. The van der Waals surface area contributed by atoms with E-state index in [0.29, 0.717) is 13.0 Å². The highest BCUT2D eigenvalue weighted by atomic mass is 127. The molecule has 2 heterocycles. The van der Waals surface area contributed by atoms with Crippen LogP contribution in [0.5, 0.6) is 0 Å². The molecule has 2 fully saturated rings. The zero-order chi connectivity index (χ0) is 21.3. The second-order valence-electron chi connectivity index (χ2n) is 8.41. The molecular formula is C23H39IN6O. The second-order valence-corrected chi connectivity index (χ2v) is 8.41. The van der Waals surface area contributed by atoms with Gasteiger partial charge in [0.15, 0.2) is 5.96 Å². The van der Waals surface area contributed by atoms with E-state index in [2.05, 4.69) is 58.7 Å². The molecule has 2 aliphatic heterocycles. The molecule has 174 valence electrons. The summed E-state index contributed by atoms with van der Waals surface area (Å²) < 4.78 is 0. The van der Waals surface area contributed by atoms with E-state index in [4.69, 9.17) is 4.99 Å². The molecule has 2 saturated heterocycles. The summed E-state index contributed by atoms with van der Waals surface area (Å²) in [6.45, 7) is 12.7. The Morgan fingerprint density at radius 1 is 1.06 bits per heavy atom. The lowest BCUT2D eigenvalue weighted by molar-refractivity contribution is -0.129. The minimum absolute atomic E-state index is 0. The van der Waals surface area contributed by atoms with E-state index in [-0.39, 0.29) is 35.9 Å². The Hall–Kier alpha value is -1.39. The number of guanidine groups is 1. The Bertz CT molecular complexity index is 703. The highest BCUT2D eigenvalue weighted by Crippen LogP contribution is 2.12. The fourth-order valence-corrected chi connectivity index (χ4v) is 4.03. The first-order chi connectivity index (χ1) is 14.6. The smallest absolute Gasteiger partial charge is 0.222 e. The third kappa shape index (κ3) is 8.23. The van der Waals surface area contributed by atoms with Gasteiger partial charge in [0.25, 0.3) is 0 Å². The van der Waals surface area contributed by atoms with Crippen LogP contribution in [0.3, 0.4) is 0 Å². The first-order valence-corrected chi connectivity index (χ1v) is 11.4. The molecule has 1 aromatic rings. The molecule has 0 saturated carbocycles. The topological polar surface area (TPSA) is 63.2 Å². The molecule has 3 rings (SSSR count). The lowest BCUT2D eigenvalue weighted by atomic mass is 10.1. The van der Waals surface area contributed by atoms with Crippen LogP contribution in [0.1, 0.15) is 37.8 Å². The standard InChI is InChI=1S/C23H38N6O.HI/c1-4-22(30)29-11-10-21(18-29)26-23(24-5-2)25-16-19-6-8-20(9-7-19)17-28-14-12-27(3)13-15-28;/h6-9,21H,4-5,10-18H2,1-3H3,(H2,24,25,26);1H. The number of aliphatic imine (C=N–C) groups is 1. The van der Waals surface area contributed by atoms with Gasteiger partial charge in [-0.25, -0.2) is 4.99 Å². The molecule has 1 atom stereocenters. The average molecular weight is 543 g/mol. The van der Waals surface area contributed by atoms with Crippen LogP contribution in [-0.4, -0.2) is 85.5 Å². The van der Waals surface area contributed by atoms with E-state index in [9.17, 15) is 4.79 Å². The zero-order valence-corrected chi connectivity index (χ0v) is 21.6. The van der Waals surface area contributed by atoms with Gasteiger partial charge in [-0.3, -0.25) is 9.69 Å². The number of nitrogens with one attached hydrogen (secondary N) is 2. The van der Waals surface area contributed by atoms with Gasteiger partial charge in [-0.15, -0.1) is 24.0 Å². The third-order valence-corrected chi connectivity index (χ3v) is 5.97. The van der Waals surface area contributed by atoms with E-state index >= 15 is 0 Å². The van der Waals surface area contributed by atoms with Crippen molar-refractivity contribution in [2.45, 2.75) is 45.8 Å².